The molecule has 0 saturated carbocycles. The molecule has 0 spiro atoms. The maximum absolute atomic E-state index is 11.7. The number of nitrogens with zero attached hydrogens (tertiary/aromatic N) is 1. The first-order valence-electron chi connectivity index (χ1n) is 6.20. The van der Waals surface area contributed by atoms with Crippen LogP contribution in [-0.4, -0.2) is 51.1 Å². The fourth-order valence-electron chi connectivity index (χ4n) is 1.69. The van der Waals surface area contributed by atoms with Gasteiger partial charge in [-0.05, 0) is 12.3 Å². The molecule has 2 unspecified atom stereocenters. The Morgan fingerprint density at radius 3 is 2.14 bits per heavy atom. The van der Waals surface area contributed by atoms with Crippen LogP contribution in [0.25, 0.3) is 0 Å². The summed E-state index contributed by atoms with van der Waals surface area (Å²) < 4.78 is 0. The predicted molar refractivity (Wildman–Crippen MR) is 70.0 cm³/mol. The number of hydrogen-bond donors (Lipinski definition) is 4. The zero-order valence-corrected chi connectivity index (χ0v) is 11.7. The third kappa shape index (κ3) is 6.65. The molecular formula is C11H19N3O7. The standard InChI is InChI=1S/C11H19N3O7/c1-5(2)3-6(12)10(17)13-9(11(18)19)7(14(20)21)4-8(15)16/h5-7,9H,3-4,12H2,1-2H3,(H,13,17)(H,15,16)(H,18,19)/t6-,7?,9?/m0/s1. The van der Waals surface area contributed by atoms with Crippen LogP contribution >= 0.6 is 0 Å². The van der Waals surface area contributed by atoms with E-state index in [0.29, 0.717) is 0 Å². The highest BCUT2D eigenvalue weighted by atomic mass is 16.6. The number of rotatable bonds is 9. The van der Waals surface area contributed by atoms with Gasteiger partial charge in [0.1, 0.15) is 6.42 Å². The first-order valence-corrected chi connectivity index (χ1v) is 6.20. The van der Waals surface area contributed by atoms with Crippen LogP contribution in [0.4, 0.5) is 0 Å². The van der Waals surface area contributed by atoms with Crippen LogP contribution in [0.3, 0.4) is 0 Å². The molecule has 0 rings (SSSR count). The van der Waals surface area contributed by atoms with Gasteiger partial charge in [0, 0.05) is 4.92 Å². The molecule has 0 fully saturated rings. The van der Waals surface area contributed by atoms with Crippen LogP contribution in [0.1, 0.15) is 26.7 Å². The Morgan fingerprint density at radius 2 is 1.81 bits per heavy atom. The predicted octanol–water partition coefficient (Wildman–Crippen LogP) is -0.951. The van der Waals surface area contributed by atoms with Crippen molar-refractivity contribution in [1.29, 1.82) is 0 Å². The molecule has 120 valence electrons. The first-order chi connectivity index (χ1) is 9.56. The Balaban J connectivity index is 5.04. The van der Waals surface area contributed by atoms with E-state index in [4.69, 9.17) is 15.9 Å². The van der Waals surface area contributed by atoms with Crippen molar-refractivity contribution >= 4 is 17.8 Å². The smallest absolute Gasteiger partial charge is 0.333 e. The fraction of sp³-hybridized carbons (Fsp3) is 0.727. The van der Waals surface area contributed by atoms with Crippen LogP contribution in [0.5, 0.6) is 0 Å². The van der Waals surface area contributed by atoms with E-state index in [2.05, 4.69) is 0 Å². The fourth-order valence-corrected chi connectivity index (χ4v) is 1.69. The number of hydrogen-bond acceptors (Lipinski definition) is 6. The number of aliphatic carboxylic acids is 2. The van der Waals surface area contributed by atoms with Crippen molar-refractivity contribution in [3.05, 3.63) is 10.1 Å². The van der Waals surface area contributed by atoms with Crippen molar-refractivity contribution < 1.29 is 29.5 Å². The van der Waals surface area contributed by atoms with E-state index >= 15 is 0 Å². The van der Waals surface area contributed by atoms with Crippen molar-refractivity contribution in [3.8, 4) is 0 Å². The lowest BCUT2D eigenvalue weighted by atomic mass is 10.0. The Hall–Kier alpha value is -2.23. The third-order valence-electron chi connectivity index (χ3n) is 2.67. The highest BCUT2D eigenvalue weighted by Gasteiger charge is 2.40. The Kier molecular flexibility index (Phi) is 7.28. The molecule has 0 aliphatic carbocycles. The van der Waals surface area contributed by atoms with Gasteiger partial charge in [-0.15, -0.1) is 0 Å². The number of nitro groups is 1. The Morgan fingerprint density at radius 1 is 1.29 bits per heavy atom. The number of carbonyl (C=O) groups excluding carboxylic acids is 1. The first kappa shape index (κ1) is 18.8. The molecule has 0 heterocycles. The third-order valence-corrected chi connectivity index (χ3v) is 2.67. The van der Waals surface area contributed by atoms with Gasteiger partial charge in [0.2, 0.25) is 5.91 Å². The highest BCUT2D eigenvalue weighted by molar-refractivity contribution is 5.87. The van der Waals surface area contributed by atoms with Gasteiger partial charge in [0.25, 0.3) is 6.04 Å². The number of amides is 1. The molecule has 5 N–H and O–H groups in total. The van der Waals surface area contributed by atoms with E-state index in [1.54, 1.807) is 13.8 Å². The van der Waals surface area contributed by atoms with Gasteiger partial charge in [-0.25, -0.2) is 4.79 Å². The lowest BCUT2D eigenvalue weighted by molar-refractivity contribution is -0.523. The summed E-state index contributed by atoms with van der Waals surface area (Å²) in [6, 6.07) is -4.96. The monoisotopic (exact) mass is 305 g/mol. The summed E-state index contributed by atoms with van der Waals surface area (Å²) in [5, 5.41) is 30.3. The zero-order chi connectivity index (χ0) is 16.7. The lowest BCUT2D eigenvalue weighted by Crippen LogP contribution is -2.56. The number of carboxylic acids is 2. The second kappa shape index (κ2) is 8.15. The minimum absolute atomic E-state index is 0.0689. The van der Waals surface area contributed by atoms with Crippen molar-refractivity contribution in [2.45, 2.75) is 44.8 Å². The molecule has 0 radical (unpaired) electrons. The van der Waals surface area contributed by atoms with Crippen molar-refractivity contribution in [3.63, 3.8) is 0 Å². The van der Waals surface area contributed by atoms with E-state index in [-0.39, 0.29) is 12.3 Å². The maximum atomic E-state index is 11.7. The maximum Gasteiger partial charge on any atom is 0.333 e. The summed E-state index contributed by atoms with van der Waals surface area (Å²) >= 11 is 0. The van der Waals surface area contributed by atoms with Crippen LogP contribution in [0.15, 0.2) is 0 Å². The average molecular weight is 305 g/mol. The summed E-state index contributed by atoms with van der Waals surface area (Å²) in [6.45, 7) is 3.60. The summed E-state index contributed by atoms with van der Waals surface area (Å²) in [5.74, 6) is -4.03. The minimum atomic E-state index is -1.98. The molecule has 10 heteroatoms. The summed E-state index contributed by atoms with van der Waals surface area (Å²) in [7, 11) is 0. The van der Waals surface area contributed by atoms with E-state index in [1.165, 1.54) is 0 Å². The van der Waals surface area contributed by atoms with Gasteiger partial charge in [0.05, 0.1) is 6.04 Å². The Bertz CT molecular complexity index is 424. The van der Waals surface area contributed by atoms with Gasteiger partial charge in [-0.3, -0.25) is 19.7 Å². The SMILES string of the molecule is CC(C)C[C@H](N)C(=O)NC(C(=O)O)C(CC(=O)O)[N+](=O)[O-]. The Labute approximate surface area is 120 Å². The van der Waals surface area contributed by atoms with Gasteiger partial charge >= 0.3 is 11.9 Å². The van der Waals surface area contributed by atoms with Crippen molar-refractivity contribution in [2.75, 3.05) is 0 Å². The molecule has 0 aromatic carbocycles. The molecule has 0 bridgehead atoms. The van der Waals surface area contributed by atoms with Crippen LogP contribution in [0, 0.1) is 16.0 Å². The highest BCUT2D eigenvalue weighted by Crippen LogP contribution is 2.07. The molecule has 0 aromatic rings. The largest absolute Gasteiger partial charge is 0.481 e. The number of carbonyl (C=O) groups is 3. The number of nitrogens with two attached hydrogens (primary N) is 1. The molecule has 21 heavy (non-hydrogen) atoms. The number of carboxylic acid groups (broad SMARTS) is 2. The average Bonchev–Trinajstić information content (AvgIpc) is 2.31. The molecule has 0 aliphatic rings. The van der Waals surface area contributed by atoms with E-state index in [0.717, 1.165) is 0 Å². The lowest BCUT2D eigenvalue weighted by Gasteiger charge is -2.20. The van der Waals surface area contributed by atoms with E-state index in [1.807, 2.05) is 5.32 Å². The van der Waals surface area contributed by atoms with Gasteiger partial charge in [-0.2, -0.15) is 0 Å². The van der Waals surface area contributed by atoms with E-state index < -0.39 is 47.3 Å². The van der Waals surface area contributed by atoms with Crippen LogP contribution < -0.4 is 11.1 Å². The van der Waals surface area contributed by atoms with Crippen molar-refractivity contribution in [2.24, 2.45) is 11.7 Å². The molecule has 1 amide bonds. The molecule has 10 nitrogen and oxygen atoms in total. The molecule has 0 saturated heterocycles. The minimum Gasteiger partial charge on any atom is -0.481 e. The summed E-state index contributed by atoms with van der Waals surface area (Å²) in [5.41, 5.74) is 5.55. The van der Waals surface area contributed by atoms with Gasteiger partial charge in [0.15, 0.2) is 6.04 Å². The molecule has 0 aliphatic heterocycles. The molecule has 3 atom stereocenters. The topological polar surface area (TPSA) is 173 Å². The second-order valence-corrected chi connectivity index (χ2v) is 5.01. The normalized spacial score (nSPS) is 15.0. The summed E-state index contributed by atoms with van der Waals surface area (Å²) in [4.78, 5) is 43.1. The summed E-state index contributed by atoms with van der Waals surface area (Å²) in [6.07, 6.45) is -0.760. The quantitative estimate of drug-likeness (QED) is 0.311. The van der Waals surface area contributed by atoms with Crippen LogP contribution in [0.2, 0.25) is 0 Å². The number of nitrogens with one attached hydrogen (secondary N) is 1. The second-order valence-electron chi connectivity index (χ2n) is 5.01. The van der Waals surface area contributed by atoms with E-state index in [9.17, 15) is 24.5 Å². The molecular weight excluding hydrogens is 286 g/mol. The molecule has 0 aromatic heterocycles. The van der Waals surface area contributed by atoms with Crippen molar-refractivity contribution in [1.82, 2.24) is 5.32 Å². The van der Waals surface area contributed by atoms with Gasteiger partial charge in [-0.1, -0.05) is 13.8 Å². The zero-order valence-electron chi connectivity index (χ0n) is 11.7. The van der Waals surface area contributed by atoms with Crippen LogP contribution in [-0.2, 0) is 14.4 Å². The van der Waals surface area contributed by atoms with Gasteiger partial charge < -0.3 is 21.3 Å².